The zero-order valence-electron chi connectivity index (χ0n) is 13.1. The molecule has 0 saturated carbocycles. The quantitative estimate of drug-likeness (QED) is 0.453. The SMILES string of the molecule is CCCCN1C=CN(C)C1OS(=O)(=O)CCCCC(C)=O. The molecule has 0 aromatic heterocycles. The fourth-order valence-electron chi connectivity index (χ4n) is 2.05. The molecule has 0 saturated heterocycles. The lowest BCUT2D eigenvalue weighted by atomic mass is 10.2. The zero-order chi connectivity index (χ0) is 15.9. The summed E-state index contributed by atoms with van der Waals surface area (Å²) in [6, 6.07) is 0. The van der Waals surface area contributed by atoms with Gasteiger partial charge in [0.25, 0.3) is 10.1 Å². The zero-order valence-corrected chi connectivity index (χ0v) is 13.9. The van der Waals surface area contributed by atoms with Gasteiger partial charge in [-0.05, 0) is 26.2 Å². The highest BCUT2D eigenvalue weighted by molar-refractivity contribution is 7.86. The third kappa shape index (κ3) is 6.48. The minimum Gasteiger partial charge on any atom is -0.336 e. The van der Waals surface area contributed by atoms with Crippen LogP contribution in [0.4, 0.5) is 0 Å². The minimum absolute atomic E-state index is 0.0494. The number of Topliss-reactive ketones (excluding diaryl/α,β-unsaturated/α-hetero) is 1. The molecule has 0 radical (unpaired) electrons. The first-order valence-electron chi connectivity index (χ1n) is 7.42. The fourth-order valence-corrected chi connectivity index (χ4v) is 3.22. The van der Waals surface area contributed by atoms with E-state index in [0.717, 1.165) is 19.4 Å². The number of hydrogen-bond acceptors (Lipinski definition) is 6. The number of carbonyl (C=O) groups is 1. The average molecular weight is 318 g/mol. The Labute approximate surface area is 127 Å². The highest BCUT2D eigenvalue weighted by Gasteiger charge is 2.29. The molecule has 21 heavy (non-hydrogen) atoms. The van der Waals surface area contributed by atoms with E-state index < -0.39 is 16.5 Å². The molecule has 0 amide bonds. The number of rotatable bonds is 10. The molecule has 0 spiro atoms. The van der Waals surface area contributed by atoms with Gasteiger partial charge >= 0.3 is 0 Å². The van der Waals surface area contributed by atoms with Gasteiger partial charge in [-0.2, -0.15) is 8.42 Å². The summed E-state index contributed by atoms with van der Waals surface area (Å²) in [6.45, 7) is 4.36. The Morgan fingerprint density at radius 3 is 2.57 bits per heavy atom. The second-order valence-corrected chi connectivity index (χ2v) is 7.11. The third-order valence-corrected chi connectivity index (χ3v) is 4.56. The first kappa shape index (κ1) is 18.0. The van der Waals surface area contributed by atoms with E-state index in [1.54, 1.807) is 11.9 Å². The minimum atomic E-state index is -3.59. The number of hydrogen-bond donors (Lipinski definition) is 0. The Morgan fingerprint density at radius 1 is 1.24 bits per heavy atom. The van der Waals surface area contributed by atoms with Gasteiger partial charge in [-0.25, -0.2) is 4.18 Å². The van der Waals surface area contributed by atoms with Crippen molar-refractivity contribution in [1.82, 2.24) is 9.80 Å². The summed E-state index contributed by atoms with van der Waals surface area (Å²) in [6.07, 6.45) is 6.54. The first-order valence-corrected chi connectivity index (χ1v) is 9.00. The van der Waals surface area contributed by atoms with Crippen molar-refractivity contribution < 1.29 is 17.4 Å². The maximum Gasteiger partial charge on any atom is 0.270 e. The Morgan fingerprint density at radius 2 is 1.95 bits per heavy atom. The predicted octanol–water partition coefficient (Wildman–Crippen LogP) is 1.89. The van der Waals surface area contributed by atoms with E-state index in [0.29, 0.717) is 19.3 Å². The molecule has 1 rings (SSSR count). The van der Waals surface area contributed by atoms with Crippen molar-refractivity contribution in [1.29, 1.82) is 0 Å². The van der Waals surface area contributed by atoms with Crippen LogP contribution in [0, 0.1) is 0 Å². The van der Waals surface area contributed by atoms with Crippen molar-refractivity contribution in [3.05, 3.63) is 12.4 Å². The van der Waals surface area contributed by atoms with Crippen molar-refractivity contribution in [2.45, 2.75) is 52.3 Å². The monoisotopic (exact) mass is 318 g/mol. The molecule has 122 valence electrons. The summed E-state index contributed by atoms with van der Waals surface area (Å²) in [5.74, 6) is 0.0328. The van der Waals surface area contributed by atoms with Crippen LogP contribution < -0.4 is 0 Å². The highest BCUT2D eigenvalue weighted by Crippen LogP contribution is 2.18. The van der Waals surface area contributed by atoms with Gasteiger partial charge in [0.2, 0.25) is 6.35 Å². The number of carbonyl (C=O) groups excluding carboxylic acids is 1. The molecule has 1 aliphatic heterocycles. The summed E-state index contributed by atoms with van der Waals surface area (Å²) in [5, 5.41) is 0. The molecular weight excluding hydrogens is 292 g/mol. The molecule has 0 bridgehead atoms. The smallest absolute Gasteiger partial charge is 0.270 e. The summed E-state index contributed by atoms with van der Waals surface area (Å²) in [4.78, 5) is 14.5. The van der Waals surface area contributed by atoms with E-state index >= 15 is 0 Å². The van der Waals surface area contributed by atoms with Gasteiger partial charge in [-0.1, -0.05) is 13.3 Å². The maximum absolute atomic E-state index is 12.0. The van der Waals surface area contributed by atoms with E-state index in [9.17, 15) is 13.2 Å². The molecular formula is C14H26N2O4S. The summed E-state index contributed by atoms with van der Waals surface area (Å²) < 4.78 is 29.3. The van der Waals surface area contributed by atoms with Crippen LogP contribution in [0.1, 0.15) is 46.0 Å². The van der Waals surface area contributed by atoms with Crippen LogP contribution in [0.3, 0.4) is 0 Å². The molecule has 0 N–H and O–H groups in total. The van der Waals surface area contributed by atoms with Gasteiger partial charge in [0.15, 0.2) is 0 Å². The second-order valence-electron chi connectivity index (χ2n) is 5.40. The highest BCUT2D eigenvalue weighted by atomic mass is 32.2. The van der Waals surface area contributed by atoms with Crippen molar-refractivity contribution in [2.24, 2.45) is 0 Å². The molecule has 1 unspecified atom stereocenters. The van der Waals surface area contributed by atoms with Crippen LogP contribution >= 0.6 is 0 Å². The molecule has 1 aliphatic rings. The summed E-state index contributed by atoms with van der Waals surface area (Å²) in [5.41, 5.74) is 0. The topological polar surface area (TPSA) is 66.9 Å². The molecule has 0 aromatic rings. The molecule has 7 heteroatoms. The van der Waals surface area contributed by atoms with E-state index in [4.69, 9.17) is 4.18 Å². The Bertz CT molecular complexity index is 462. The van der Waals surface area contributed by atoms with Crippen LogP contribution in [0.25, 0.3) is 0 Å². The number of unbranched alkanes of at least 4 members (excludes halogenated alkanes) is 2. The summed E-state index contributed by atoms with van der Waals surface area (Å²) in [7, 11) is -1.80. The van der Waals surface area contributed by atoms with Crippen molar-refractivity contribution in [2.75, 3.05) is 19.3 Å². The van der Waals surface area contributed by atoms with E-state index in [1.807, 2.05) is 17.3 Å². The van der Waals surface area contributed by atoms with Crippen LogP contribution in [0.15, 0.2) is 12.4 Å². The standard InChI is InChI=1S/C14H26N2O4S/c1-4-5-9-16-11-10-15(3)14(16)20-21(18,19)12-7-6-8-13(2)17/h10-11,14H,4-9,12H2,1-3H3. The average Bonchev–Trinajstić information content (AvgIpc) is 2.73. The second kappa shape index (κ2) is 8.38. The van der Waals surface area contributed by atoms with Crippen molar-refractivity contribution in [3.63, 3.8) is 0 Å². The van der Waals surface area contributed by atoms with Crippen LogP contribution in [-0.2, 0) is 19.1 Å². The fraction of sp³-hybridized carbons (Fsp3) is 0.786. The van der Waals surface area contributed by atoms with E-state index in [-0.39, 0.29) is 11.5 Å². The molecule has 1 heterocycles. The largest absolute Gasteiger partial charge is 0.336 e. The van der Waals surface area contributed by atoms with Gasteiger partial charge in [-0.3, -0.25) is 0 Å². The van der Waals surface area contributed by atoms with Crippen LogP contribution in [-0.4, -0.2) is 49.7 Å². The lowest BCUT2D eigenvalue weighted by Gasteiger charge is -2.29. The Kier molecular flexibility index (Phi) is 7.17. The number of nitrogens with zero attached hydrogens (tertiary/aromatic N) is 2. The lowest BCUT2D eigenvalue weighted by molar-refractivity contribution is -0.117. The van der Waals surface area contributed by atoms with Crippen molar-refractivity contribution >= 4 is 15.9 Å². The first-order chi connectivity index (χ1) is 9.85. The summed E-state index contributed by atoms with van der Waals surface area (Å²) >= 11 is 0. The van der Waals surface area contributed by atoms with Gasteiger partial charge in [-0.15, -0.1) is 0 Å². The lowest BCUT2D eigenvalue weighted by Crippen LogP contribution is -2.41. The van der Waals surface area contributed by atoms with Gasteiger partial charge < -0.3 is 14.6 Å². The van der Waals surface area contributed by atoms with Crippen LogP contribution in [0.2, 0.25) is 0 Å². The van der Waals surface area contributed by atoms with Crippen molar-refractivity contribution in [3.8, 4) is 0 Å². The van der Waals surface area contributed by atoms with E-state index in [2.05, 4.69) is 6.92 Å². The molecule has 0 fully saturated rings. The van der Waals surface area contributed by atoms with E-state index in [1.165, 1.54) is 6.92 Å². The third-order valence-electron chi connectivity index (χ3n) is 3.30. The van der Waals surface area contributed by atoms with Crippen LogP contribution in [0.5, 0.6) is 0 Å². The number of ketones is 1. The molecule has 6 nitrogen and oxygen atoms in total. The molecule has 0 aliphatic carbocycles. The predicted molar refractivity (Wildman–Crippen MR) is 81.7 cm³/mol. The Balaban J connectivity index is 2.46. The van der Waals surface area contributed by atoms with Gasteiger partial charge in [0, 0.05) is 32.4 Å². The van der Waals surface area contributed by atoms with Gasteiger partial charge in [0.05, 0.1) is 5.75 Å². The Hall–Kier alpha value is -1.08. The molecule has 1 atom stereocenters. The molecule has 0 aromatic carbocycles. The normalized spacial score (nSPS) is 18.5. The van der Waals surface area contributed by atoms with Gasteiger partial charge in [0.1, 0.15) is 5.78 Å². The maximum atomic E-state index is 12.0.